The Labute approximate surface area is 166 Å². The standard InChI is InChI=1S/C21H25NO5S/c1-3-16-4-6-19(7-5-16)27-21(23)17-12-14-22(15-13-17)28(24,25)20-10-8-18(26-2)9-11-20/h4-11,17H,3,12-15H2,1-2H3. The zero-order valence-electron chi connectivity index (χ0n) is 16.1. The van der Waals surface area contributed by atoms with E-state index >= 15 is 0 Å². The van der Waals surface area contributed by atoms with E-state index in [2.05, 4.69) is 6.92 Å². The number of esters is 1. The molecule has 1 saturated heterocycles. The predicted octanol–water partition coefficient (Wildman–Crippen LogP) is 3.26. The van der Waals surface area contributed by atoms with Gasteiger partial charge in [0.2, 0.25) is 10.0 Å². The van der Waals surface area contributed by atoms with Crippen molar-refractivity contribution in [1.82, 2.24) is 4.31 Å². The molecule has 1 heterocycles. The summed E-state index contributed by atoms with van der Waals surface area (Å²) in [6.45, 7) is 2.65. The minimum Gasteiger partial charge on any atom is -0.497 e. The summed E-state index contributed by atoms with van der Waals surface area (Å²) >= 11 is 0. The molecule has 1 fully saturated rings. The summed E-state index contributed by atoms with van der Waals surface area (Å²) in [6.07, 6.45) is 1.82. The molecule has 0 aliphatic carbocycles. The number of benzene rings is 2. The molecule has 0 unspecified atom stereocenters. The third-order valence-electron chi connectivity index (χ3n) is 5.03. The highest BCUT2D eigenvalue weighted by molar-refractivity contribution is 7.89. The molecule has 150 valence electrons. The second-order valence-electron chi connectivity index (χ2n) is 6.77. The van der Waals surface area contributed by atoms with Crippen molar-refractivity contribution in [3.05, 3.63) is 54.1 Å². The molecule has 3 rings (SSSR count). The average molecular weight is 404 g/mol. The van der Waals surface area contributed by atoms with Gasteiger partial charge in [-0.3, -0.25) is 4.79 Å². The Hall–Kier alpha value is -2.38. The van der Waals surface area contributed by atoms with Crippen LogP contribution in [0.25, 0.3) is 0 Å². The quantitative estimate of drug-likeness (QED) is 0.547. The number of carbonyl (C=O) groups is 1. The molecule has 0 spiro atoms. The van der Waals surface area contributed by atoms with Crippen LogP contribution in [0.4, 0.5) is 0 Å². The van der Waals surface area contributed by atoms with Gasteiger partial charge in [0.15, 0.2) is 0 Å². The molecule has 2 aromatic rings. The fraction of sp³-hybridized carbons (Fsp3) is 0.381. The van der Waals surface area contributed by atoms with Gasteiger partial charge in [-0.25, -0.2) is 8.42 Å². The summed E-state index contributed by atoms with van der Waals surface area (Å²) in [7, 11) is -2.04. The lowest BCUT2D eigenvalue weighted by Gasteiger charge is -2.30. The molecule has 0 atom stereocenters. The van der Waals surface area contributed by atoms with Gasteiger partial charge < -0.3 is 9.47 Å². The lowest BCUT2D eigenvalue weighted by atomic mass is 9.98. The van der Waals surface area contributed by atoms with Crippen LogP contribution >= 0.6 is 0 Å². The number of sulfonamides is 1. The topological polar surface area (TPSA) is 72.9 Å². The first-order chi connectivity index (χ1) is 13.4. The number of aryl methyl sites for hydroxylation is 1. The van der Waals surface area contributed by atoms with E-state index in [9.17, 15) is 13.2 Å². The highest BCUT2D eigenvalue weighted by Crippen LogP contribution is 2.26. The number of methoxy groups -OCH3 is 1. The minimum absolute atomic E-state index is 0.227. The Morgan fingerprint density at radius 3 is 2.11 bits per heavy atom. The van der Waals surface area contributed by atoms with E-state index in [4.69, 9.17) is 9.47 Å². The van der Waals surface area contributed by atoms with Crippen LogP contribution in [0.15, 0.2) is 53.4 Å². The van der Waals surface area contributed by atoms with Crippen LogP contribution in [-0.4, -0.2) is 38.9 Å². The SMILES string of the molecule is CCc1ccc(OC(=O)C2CCN(S(=O)(=O)c3ccc(OC)cc3)CC2)cc1. The summed E-state index contributed by atoms with van der Waals surface area (Å²) in [5, 5.41) is 0. The highest BCUT2D eigenvalue weighted by Gasteiger charge is 2.33. The van der Waals surface area contributed by atoms with E-state index in [0.717, 1.165) is 6.42 Å². The van der Waals surface area contributed by atoms with Gasteiger partial charge in [-0.15, -0.1) is 0 Å². The van der Waals surface area contributed by atoms with E-state index < -0.39 is 10.0 Å². The molecule has 7 heteroatoms. The Kier molecular flexibility index (Phi) is 6.36. The van der Waals surface area contributed by atoms with Crippen molar-refractivity contribution in [2.75, 3.05) is 20.2 Å². The second kappa shape index (κ2) is 8.75. The van der Waals surface area contributed by atoms with Gasteiger partial charge in [-0.1, -0.05) is 19.1 Å². The van der Waals surface area contributed by atoms with E-state index in [1.165, 1.54) is 29.1 Å². The fourth-order valence-electron chi connectivity index (χ4n) is 3.22. The van der Waals surface area contributed by atoms with Crippen molar-refractivity contribution in [3.63, 3.8) is 0 Å². The van der Waals surface area contributed by atoms with Gasteiger partial charge in [0.1, 0.15) is 11.5 Å². The summed E-state index contributed by atoms with van der Waals surface area (Å²) in [6, 6.07) is 13.8. The second-order valence-corrected chi connectivity index (χ2v) is 8.71. The first kappa shape index (κ1) is 20.4. The first-order valence-corrected chi connectivity index (χ1v) is 10.8. The van der Waals surface area contributed by atoms with Gasteiger partial charge in [-0.05, 0) is 61.2 Å². The number of piperidine rings is 1. The molecule has 0 N–H and O–H groups in total. The van der Waals surface area contributed by atoms with Crippen LogP contribution in [0.2, 0.25) is 0 Å². The van der Waals surface area contributed by atoms with Crippen LogP contribution in [0.1, 0.15) is 25.3 Å². The number of nitrogens with zero attached hydrogens (tertiary/aromatic N) is 1. The normalized spacial score (nSPS) is 15.9. The highest BCUT2D eigenvalue weighted by atomic mass is 32.2. The van der Waals surface area contributed by atoms with Crippen molar-refractivity contribution >= 4 is 16.0 Å². The lowest BCUT2D eigenvalue weighted by molar-refractivity contribution is -0.140. The van der Waals surface area contributed by atoms with Crippen molar-refractivity contribution in [2.45, 2.75) is 31.1 Å². The fourth-order valence-corrected chi connectivity index (χ4v) is 4.69. The predicted molar refractivity (Wildman–Crippen MR) is 106 cm³/mol. The van der Waals surface area contributed by atoms with E-state index in [-0.39, 0.29) is 16.8 Å². The van der Waals surface area contributed by atoms with Crippen molar-refractivity contribution < 1.29 is 22.7 Å². The number of hydrogen-bond acceptors (Lipinski definition) is 5. The maximum absolute atomic E-state index is 12.8. The third-order valence-corrected chi connectivity index (χ3v) is 6.95. The van der Waals surface area contributed by atoms with E-state index in [0.29, 0.717) is 37.4 Å². The molecule has 6 nitrogen and oxygen atoms in total. The van der Waals surface area contributed by atoms with Crippen LogP contribution in [-0.2, 0) is 21.2 Å². The van der Waals surface area contributed by atoms with Gasteiger partial charge >= 0.3 is 5.97 Å². The van der Waals surface area contributed by atoms with E-state index in [1.54, 1.807) is 24.3 Å². The molecule has 0 radical (unpaired) electrons. The summed E-state index contributed by atoms with van der Waals surface area (Å²) in [5.41, 5.74) is 1.18. The monoisotopic (exact) mass is 403 g/mol. The molecule has 1 aliphatic heterocycles. The number of ether oxygens (including phenoxy) is 2. The summed E-state index contributed by atoms with van der Waals surface area (Å²) in [5.74, 6) is 0.529. The van der Waals surface area contributed by atoms with Gasteiger partial charge in [-0.2, -0.15) is 4.31 Å². The average Bonchev–Trinajstić information content (AvgIpc) is 2.74. The summed E-state index contributed by atoms with van der Waals surface area (Å²) < 4.78 is 37.5. The minimum atomic E-state index is -3.58. The van der Waals surface area contributed by atoms with Crippen LogP contribution in [0.5, 0.6) is 11.5 Å². The van der Waals surface area contributed by atoms with E-state index in [1.807, 2.05) is 12.1 Å². The van der Waals surface area contributed by atoms with Gasteiger partial charge in [0, 0.05) is 13.1 Å². The van der Waals surface area contributed by atoms with Crippen molar-refractivity contribution in [3.8, 4) is 11.5 Å². The van der Waals surface area contributed by atoms with Crippen LogP contribution in [0, 0.1) is 5.92 Å². The molecule has 1 aliphatic rings. The molecule has 2 aromatic carbocycles. The summed E-state index contributed by atoms with van der Waals surface area (Å²) in [4.78, 5) is 12.6. The smallest absolute Gasteiger partial charge is 0.314 e. The number of rotatable bonds is 6. The number of carbonyl (C=O) groups excluding carboxylic acids is 1. The zero-order valence-corrected chi connectivity index (χ0v) is 16.9. The molecule has 28 heavy (non-hydrogen) atoms. The Morgan fingerprint density at radius 1 is 1.00 bits per heavy atom. The molecule has 0 amide bonds. The maximum Gasteiger partial charge on any atom is 0.314 e. The molecular weight excluding hydrogens is 378 g/mol. The lowest BCUT2D eigenvalue weighted by Crippen LogP contribution is -2.41. The Bertz CT molecular complexity index is 899. The first-order valence-electron chi connectivity index (χ1n) is 9.39. The molecule has 0 saturated carbocycles. The van der Waals surface area contributed by atoms with Gasteiger partial charge in [0.05, 0.1) is 17.9 Å². The van der Waals surface area contributed by atoms with Crippen molar-refractivity contribution in [2.24, 2.45) is 5.92 Å². The number of hydrogen-bond donors (Lipinski definition) is 0. The molecular formula is C21H25NO5S. The van der Waals surface area contributed by atoms with Crippen LogP contribution in [0.3, 0.4) is 0 Å². The third kappa shape index (κ3) is 4.54. The van der Waals surface area contributed by atoms with Crippen molar-refractivity contribution in [1.29, 1.82) is 0 Å². The largest absolute Gasteiger partial charge is 0.497 e. The van der Waals surface area contributed by atoms with Crippen LogP contribution < -0.4 is 9.47 Å². The maximum atomic E-state index is 12.8. The Morgan fingerprint density at radius 2 is 1.57 bits per heavy atom. The van der Waals surface area contributed by atoms with Gasteiger partial charge in [0.25, 0.3) is 0 Å². The molecule has 0 aromatic heterocycles. The Balaban J connectivity index is 1.58. The zero-order chi connectivity index (χ0) is 20.1. The molecule has 0 bridgehead atoms.